The minimum atomic E-state index is -1.08. The first-order chi connectivity index (χ1) is 5.18. The fourth-order valence-corrected chi connectivity index (χ4v) is 0.736. The Hall–Kier alpha value is -1.22. The first-order valence-electron chi connectivity index (χ1n) is 2.87. The van der Waals surface area contributed by atoms with Gasteiger partial charge in [-0.3, -0.25) is 0 Å². The molecule has 1 rings (SSSR count). The Morgan fingerprint density at radius 1 is 1.36 bits per heavy atom. The topological polar surface area (TPSA) is 50.1 Å². The van der Waals surface area contributed by atoms with E-state index in [1.165, 1.54) is 12.1 Å². The van der Waals surface area contributed by atoms with Gasteiger partial charge < -0.3 is 4.74 Å². The van der Waals surface area contributed by atoms with Crippen molar-refractivity contribution in [3.63, 3.8) is 0 Å². The maximum absolute atomic E-state index is 10.1. The Morgan fingerprint density at radius 3 is 2.36 bits per heavy atom. The Labute approximate surface area is 68.7 Å². The number of ether oxygens (including phenoxy) is 1. The maximum atomic E-state index is 10.1. The third-order valence-corrected chi connectivity index (χ3v) is 1.28. The second-order valence-corrected chi connectivity index (χ2v) is 2.28. The zero-order chi connectivity index (χ0) is 8.27. The Kier molecular flexibility index (Phi) is 2.33. The molecule has 0 aliphatic heterocycles. The molecule has 0 aromatic heterocycles. The molecule has 3 nitrogen and oxygen atoms in total. The first kappa shape index (κ1) is 7.88. The number of hydrogen-bond acceptors (Lipinski definition) is 2. The van der Waals surface area contributed by atoms with Crippen LogP contribution in [-0.4, -0.2) is 6.09 Å². The van der Waals surface area contributed by atoms with Gasteiger partial charge >= 0.3 is 6.09 Å². The lowest BCUT2D eigenvalue weighted by molar-refractivity contribution is 0.209. The number of benzene rings is 1. The molecule has 0 atom stereocenters. The molecule has 0 heterocycles. The Morgan fingerprint density at radius 2 is 1.91 bits per heavy atom. The van der Waals surface area contributed by atoms with Crippen LogP contribution in [0.5, 0.6) is 5.75 Å². The van der Waals surface area contributed by atoms with Crippen LogP contribution in [0, 0.1) is 0 Å². The SMILES string of the molecule is [NH]C(=O)Oc1ccc(Cl)cc1. The van der Waals surface area contributed by atoms with Gasteiger partial charge in [-0.25, -0.2) is 10.5 Å². The van der Waals surface area contributed by atoms with Crippen LogP contribution in [0.25, 0.3) is 0 Å². The third kappa shape index (κ3) is 2.47. The number of halogens is 1. The highest BCUT2D eigenvalue weighted by Gasteiger charge is 1.97. The molecule has 0 fully saturated rings. The van der Waals surface area contributed by atoms with Crippen LogP contribution in [0.3, 0.4) is 0 Å². The van der Waals surface area contributed by atoms with Crippen molar-refractivity contribution in [2.75, 3.05) is 0 Å². The number of nitrogens with one attached hydrogen (secondary N) is 1. The summed E-state index contributed by atoms with van der Waals surface area (Å²) in [7, 11) is 0. The molecule has 1 aromatic rings. The second-order valence-electron chi connectivity index (χ2n) is 1.84. The van der Waals surface area contributed by atoms with Crippen molar-refractivity contribution >= 4 is 17.7 Å². The summed E-state index contributed by atoms with van der Waals surface area (Å²) in [5.41, 5.74) is 6.47. The van der Waals surface area contributed by atoms with E-state index in [0.717, 1.165) is 0 Å². The molecule has 1 N–H and O–H groups in total. The molecule has 1 radical (unpaired) electrons. The number of rotatable bonds is 1. The standard InChI is InChI=1S/C7H5ClNO2/c8-5-1-3-6(4-2-5)11-7(9)10/h1-4,9H. The predicted octanol–water partition coefficient (Wildman–Crippen LogP) is 2.12. The minimum Gasteiger partial charge on any atom is -0.409 e. The largest absolute Gasteiger partial charge is 0.431 e. The number of carbonyl (C=O) groups is 1. The van der Waals surface area contributed by atoms with Crippen molar-refractivity contribution in [2.45, 2.75) is 0 Å². The van der Waals surface area contributed by atoms with E-state index in [-0.39, 0.29) is 0 Å². The molecule has 0 aliphatic carbocycles. The van der Waals surface area contributed by atoms with E-state index in [1.807, 2.05) is 0 Å². The van der Waals surface area contributed by atoms with Gasteiger partial charge in [-0.2, -0.15) is 0 Å². The number of amides is 1. The van der Waals surface area contributed by atoms with Crippen molar-refractivity contribution in [2.24, 2.45) is 0 Å². The van der Waals surface area contributed by atoms with E-state index in [2.05, 4.69) is 4.74 Å². The summed E-state index contributed by atoms with van der Waals surface area (Å²) >= 11 is 5.56. The molecule has 0 bridgehead atoms. The molecule has 1 aromatic carbocycles. The highest BCUT2D eigenvalue weighted by Crippen LogP contribution is 2.15. The second kappa shape index (κ2) is 3.25. The van der Waals surface area contributed by atoms with Gasteiger partial charge in [0.2, 0.25) is 0 Å². The van der Waals surface area contributed by atoms with Crippen molar-refractivity contribution in [1.82, 2.24) is 5.73 Å². The van der Waals surface area contributed by atoms with Crippen LogP contribution in [-0.2, 0) is 0 Å². The molecule has 0 aliphatic rings. The zero-order valence-corrected chi connectivity index (χ0v) is 6.26. The normalized spacial score (nSPS) is 9.18. The first-order valence-corrected chi connectivity index (χ1v) is 3.25. The van der Waals surface area contributed by atoms with Crippen LogP contribution < -0.4 is 10.5 Å². The zero-order valence-electron chi connectivity index (χ0n) is 5.50. The molecular weight excluding hydrogens is 166 g/mol. The molecule has 57 valence electrons. The van der Waals surface area contributed by atoms with Crippen molar-refractivity contribution in [3.8, 4) is 5.75 Å². The third-order valence-electron chi connectivity index (χ3n) is 1.02. The van der Waals surface area contributed by atoms with Gasteiger partial charge in [0, 0.05) is 5.02 Å². The van der Waals surface area contributed by atoms with E-state index in [9.17, 15) is 4.79 Å². The van der Waals surface area contributed by atoms with Crippen molar-refractivity contribution in [3.05, 3.63) is 29.3 Å². The van der Waals surface area contributed by atoms with E-state index in [1.54, 1.807) is 12.1 Å². The van der Waals surface area contributed by atoms with Gasteiger partial charge in [0.25, 0.3) is 0 Å². The van der Waals surface area contributed by atoms with Gasteiger partial charge in [0.05, 0.1) is 0 Å². The Bertz CT molecular complexity index is 258. The molecular formula is C7H5ClNO2. The quantitative estimate of drug-likeness (QED) is 0.648. The summed E-state index contributed by atoms with van der Waals surface area (Å²) in [6.07, 6.45) is -1.08. The summed E-state index contributed by atoms with van der Waals surface area (Å²) in [5.74, 6) is 0.328. The smallest absolute Gasteiger partial charge is 0.409 e. The highest BCUT2D eigenvalue weighted by atomic mass is 35.5. The van der Waals surface area contributed by atoms with Gasteiger partial charge in [0.1, 0.15) is 5.75 Å². The van der Waals surface area contributed by atoms with Gasteiger partial charge in [-0.15, -0.1) is 0 Å². The van der Waals surface area contributed by atoms with E-state index in [4.69, 9.17) is 17.3 Å². The minimum absolute atomic E-state index is 0.328. The highest BCUT2D eigenvalue weighted by molar-refractivity contribution is 6.30. The van der Waals surface area contributed by atoms with Crippen LogP contribution in [0.1, 0.15) is 0 Å². The lowest BCUT2D eigenvalue weighted by Gasteiger charge is -1.97. The molecule has 1 amide bonds. The molecule has 0 unspecified atom stereocenters. The molecule has 11 heavy (non-hydrogen) atoms. The summed E-state index contributed by atoms with van der Waals surface area (Å²) in [5, 5.41) is 0.565. The lowest BCUT2D eigenvalue weighted by Crippen LogP contribution is -2.04. The average molecular weight is 171 g/mol. The monoisotopic (exact) mass is 170 g/mol. The number of carbonyl (C=O) groups excluding carboxylic acids is 1. The van der Waals surface area contributed by atoms with Gasteiger partial charge in [0.15, 0.2) is 0 Å². The molecule has 0 saturated heterocycles. The van der Waals surface area contributed by atoms with Crippen molar-refractivity contribution in [1.29, 1.82) is 0 Å². The molecule has 4 heteroatoms. The summed E-state index contributed by atoms with van der Waals surface area (Å²) in [6.45, 7) is 0. The molecule has 0 saturated carbocycles. The van der Waals surface area contributed by atoms with Crippen LogP contribution in [0.2, 0.25) is 5.02 Å². The maximum Gasteiger partial charge on any atom is 0.431 e. The predicted molar refractivity (Wildman–Crippen MR) is 40.6 cm³/mol. The number of hydrogen-bond donors (Lipinski definition) is 0. The Balaban J connectivity index is 2.74. The van der Waals surface area contributed by atoms with Crippen LogP contribution in [0.4, 0.5) is 4.79 Å². The van der Waals surface area contributed by atoms with Crippen LogP contribution >= 0.6 is 11.6 Å². The summed E-state index contributed by atoms with van der Waals surface area (Å²) in [4.78, 5) is 10.1. The average Bonchev–Trinajstić information content (AvgIpc) is 1.93. The van der Waals surface area contributed by atoms with E-state index >= 15 is 0 Å². The lowest BCUT2D eigenvalue weighted by atomic mass is 10.3. The van der Waals surface area contributed by atoms with Crippen LogP contribution in [0.15, 0.2) is 24.3 Å². The van der Waals surface area contributed by atoms with E-state index < -0.39 is 6.09 Å². The summed E-state index contributed by atoms with van der Waals surface area (Å²) < 4.78 is 4.44. The fraction of sp³-hybridized carbons (Fsp3) is 0. The summed E-state index contributed by atoms with van der Waals surface area (Å²) in [6, 6.07) is 6.21. The van der Waals surface area contributed by atoms with Gasteiger partial charge in [-0.1, -0.05) is 11.6 Å². The fourth-order valence-electron chi connectivity index (χ4n) is 0.610. The van der Waals surface area contributed by atoms with E-state index in [0.29, 0.717) is 10.8 Å². The van der Waals surface area contributed by atoms with Crippen molar-refractivity contribution < 1.29 is 9.53 Å². The van der Waals surface area contributed by atoms with Gasteiger partial charge in [-0.05, 0) is 24.3 Å². The molecule has 0 spiro atoms.